The molecular formula is C16H24BrNS. The van der Waals surface area contributed by atoms with Crippen LogP contribution in [0.5, 0.6) is 0 Å². The van der Waals surface area contributed by atoms with Crippen LogP contribution in [0.2, 0.25) is 0 Å². The second-order valence-corrected chi connectivity index (χ2v) is 7.64. The summed E-state index contributed by atoms with van der Waals surface area (Å²) in [6.45, 7) is 2.31. The molecule has 0 radical (unpaired) electrons. The van der Waals surface area contributed by atoms with Gasteiger partial charge in [0.05, 0.1) is 0 Å². The minimum absolute atomic E-state index is 0.350. The summed E-state index contributed by atoms with van der Waals surface area (Å²) in [5, 5.41) is 0. The molecule has 0 amide bonds. The summed E-state index contributed by atoms with van der Waals surface area (Å²) in [7, 11) is 0. The molecule has 0 aliphatic heterocycles. The Morgan fingerprint density at radius 3 is 2.74 bits per heavy atom. The van der Waals surface area contributed by atoms with Gasteiger partial charge in [0.15, 0.2) is 0 Å². The van der Waals surface area contributed by atoms with E-state index in [0.717, 1.165) is 22.1 Å². The number of rotatable bonds is 5. The summed E-state index contributed by atoms with van der Waals surface area (Å²) in [6, 6.07) is 8.88. The first-order valence-electron chi connectivity index (χ1n) is 7.33. The largest absolute Gasteiger partial charge is 0.327 e. The van der Waals surface area contributed by atoms with Crippen LogP contribution in [-0.4, -0.2) is 11.8 Å². The van der Waals surface area contributed by atoms with Crippen molar-refractivity contribution in [2.75, 3.05) is 5.75 Å². The molecule has 0 aromatic heterocycles. The fourth-order valence-electron chi connectivity index (χ4n) is 2.95. The van der Waals surface area contributed by atoms with E-state index in [9.17, 15) is 0 Å². The number of thioether (sulfide) groups is 1. The van der Waals surface area contributed by atoms with Gasteiger partial charge in [-0.3, -0.25) is 0 Å². The van der Waals surface area contributed by atoms with Crippen LogP contribution in [0.25, 0.3) is 0 Å². The van der Waals surface area contributed by atoms with Crippen LogP contribution < -0.4 is 5.73 Å². The van der Waals surface area contributed by atoms with Crippen molar-refractivity contribution in [1.82, 2.24) is 0 Å². The lowest BCUT2D eigenvalue weighted by molar-refractivity contribution is 0.238. The maximum absolute atomic E-state index is 6.41. The minimum Gasteiger partial charge on any atom is -0.327 e. The molecule has 1 aliphatic rings. The van der Waals surface area contributed by atoms with Crippen LogP contribution >= 0.6 is 27.7 Å². The molecule has 2 rings (SSSR count). The van der Waals surface area contributed by atoms with Crippen molar-refractivity contribution >= 4 is 27.7 Å². The number of hydrogen-bond acceptors (Lipinski definition) is 2. The number of benzene rings is 1. The Balaban J connectivity index is 1.80. The molecule has 3 unspecified atom stereocenters. The van der Waals surface area contributed by atoms with Crippen molar-refractivity contribution in [2.24, 2.45) is 17.6 Å². The first-order chi connectivity index (χ1) is 9.19. The second kappa shape index (κ2) is 7.70. The van der Waals surface area contributed by atoms with Gasteiger partial charge in [0.1, 0.15) is 0 Å². The fourth-order valence-corrected chi connectivity index (χ4v) is 4.20. The van der Waals surface area contributed by atoms with Crippen LogP contribution in [0.4, 0.5) is 0 Å². The zero-order chi connectivity index (χ0) is 13.7. The van der Waals surface area contributed by atoms with E-state index in [1.165, 1.54) is 37.0 Å². The summed E-state index contributed by atoms with van der Waals surface area (Å²) < 4.78 is 1.14. The smallest absolute Gasteiger partial charge is 0.0176 e. The summed E-state index contributed by atoms with van der Waals surface area (Å²) in [4.78, 5) is 1.32. The highest BCUT2D eigenvalue weighted by Crippen LogP contribution is 2.34. The van der Waals surface area contributed by atoms with Gasteiger partial charge in [0.2, 0.25) is 0 Å². The van der Waals surface area contributed by atoms with Crippen molar-refractivity contribution in [3.63, 3.8) is 0 Å². The van der Waals surface area contributed by atoms with Gasteiger partial charge in [0, 0.05) is 21.2 Å². The quantitative estimate of drug-likeness (QED) is 0.755. The summed E-state index contributed by atoms with van der Waals surface area (Å²) >= 11 is 5.36. The number of hydrogen-bond donors (Lipinski definition) is 1. The second-order valence-electron chi connectivity index (χ2n) is 5.63. The maximum atomic E-state index is 6.41. The Morgan fingerprint density at radius 2 is 2.05 bits per heavy atom. The normalized spacial score (nSPS) is 25.2. The predicted octanol–water partition coefficient (Wildman–Crippen LogP) is 5.08. The molecule has 0 spiro atoms. The summed E-state index contributed by atoms with van der Waals surface area (Å²) in [5.41, 5.74) is 6.41. The maximum Gasteiger partial charge on any atom is 0.0176 e. The van der Waals surface area contributed by atoms with E-state index in [1.807, 2.05) is 11.8 Å². The fraction of sp³-hybridized carbons (Fsp3) is 0.625. The van der Waals surface area contributed by atoms with Crippen molar-refractivity contribution in [3.05, 3.63) is 28.7 Å². The highest BCUT2D eigenvalue weighted by Gasteiger charge is 2.25. The molecule has 1 aromatic rings. The van der Waals surface area contributed by atoms with Gasteiger partial charge >= 0.3 is 0 Å². The Labute approximate surface area is 129 Å². The molecule has 1 aromatic carbocycles. The van der Waals surface area contributed by atoms with Gasteiger partial charge in [-0.25, -0.2) is 0 Å². The van der Waals surface area contributed by atoms with E-state index in [4.69, 9.17) is 5.73 Å². The van der Waals surface area contributed by atoms with Gasteiger partial charge < -0.3 is 5.73 Å². The molecule has 0 bridgehead atoms. The molecule has 19 heavy (non-hydrogen) atoms. The van der Waals surface area contributed by atoms with Gasteiger partial charge in [-0.2, -0.15) is 0 Å². The first-order valence-corrected chi connectivity index (χ1v) is 9.11. The highest BCUT2D eigenvalue weighted by molar-refractivity contribution is 9.10. The molecule has 1 fully saturated rings. The van der Waals surface area contributed by atoms with Gasteiger partial charge in [-0.15, -0.1) is 11.8 Å². The molecule has 3 atom stereocenters. The number of halogens is 1. The average molecular weight is 342 g/mol. The summed E-state index contributed by atoms with van der Waals surface area (Å²) in [5.74, 6) is 2.70. The van der Waals surface area contributed by atoms with Crippen molar-refractivity contribution in [1.29, 1.82) is 0 Å². The Hall–Kier alpha value is 0.01000. The molecular weight excluding hydrogens is 318 g/mol. The van der Waals surface area contributed by atoms with Crippen LogP contribution in [-0.2, 0) is 0 Å². The van der Waals surface area contributed by atoms with Crippen LogP contribution in [0, 0.1) is 11.8 Å². The first kappa shape index (κ1) is 15.4. The highest BCUT2D eigenvalue weighted by atomic mass is 79.9. The van der Waals surface area contributed by atoms with E-state index in [-0.39, 0.29) is 0 Å². The van der Waals surface area contributed by atoms with E-state index < -0.39 is 0 Å². The molecule has 106 valence electrons. The SMILES string of the molecule is CCC1CCCC(C(N)CSc2ccc(Br)cc2)C1. The van der Waals surface area contributed by atoms with Crippen LogP contribution in [0.1, 0.15) is 39.0 Å². The van der Waals surface area contributed by atoms with Gasteiger partial charge in [0.25, 0.3) is 0 Å². The lowest BCUT2D eigenvalue weighted by atomic mass is 9.77. The monoisotopic (exact) mass is 341 g/mol. The van der Waals surface area contributed by atoms with Gasteiger partial charge in [-0.05, 0) is 48.9 Å². The van der Waals surface area contributed by atoms with E-state index >= 15 is 0 Å². The molecule has 1 nitrogen and oxygen atoms in total. The van der Waals surface area contributed by atoms with Crippen LogP contribution in [0.3, 0.4) is 0 Å². The molecule has 1 aliphatic carbocycles. The zero-order valence-corrected chi connectivity index (χ0v) is 14.1. The molecule has 3 heteroatoms. The third-order valence-corrected chi connectivity index (χ3v) is 5.95. The number of nitrogens with two attached hydrogens (primary N) is 1. The lowest BCUT2D eigenvalue weighted by Gasteiger charge is -2.32. The Morgan fingerprint density at radius 1 is 1.32 bits per heavy atom. The Bertz CT molecular complexity index is 379. The van der Waals surface area contributed by atoms with Crippen LogP contribution in [0.15, 0.2) is 33.6 Å². The van der Waals surface area contributed by atoms with Crippen molar-refractivity contribution in [3.8, 4) is 0 Å². The molecule has 0 saturated heterocycles. The lowest BCUT2D eigenvalue weighted by Crippen LogP contribution is -2.35. The molecule has 0 heterocycles. The summed E-state index contributed by atoms with van der Waals surface area (Å²) in [6.07, 6.45) is 6.79. The van der Waals surface area contributed by atoms with E-state index in [1.54, 1.807) is 0 Å². The third kappa shape index (κ3) is 4.80. The topological polar surface area (TPSA) is 26.0 Å². The van der Waals surface area contributed by atoms with Crippen molar-refractivity contribution < 1.29 is 0 Å². The van der Waals surface area contributed by atoms with E-state index in [2.05, 4.69) is 47.1 Å². The van der Waals surface area contributed by atoms with E-state index in [0.29, 0.717) is 6.04 Å². The van der Waals surface area contributed by atoms with Crippen molar-refractivity contribution in [2.45, 2.75) is 50.0 Å². The molecule has 1 saturated carbocycles. The molecule has 2 N–H and O–H groups in total. The predicted molar refractivity (Wildman–Crippen MR) is 88.6 cm³/mol. The zero-order valence-electron chi connectivity index (χ0n) is 11.6. The average Bonchev–Trinajstić information content (AvgIpc) is 2.46. The minimum atomic E-state index is 0.350. The standard InChI is InChI=1S/C16H24BrNS/c1-2-12-4-3-5-13(10-12)16(18)11-19-15-8-6-14(17)7-9-15/h6-9,12-13,16H,2-5,10-11,18H2,1H3. The van der Waals surface area contributed by atoms with Gasteiger partial charge in [-0.1, -0.05) is 42.1 Å². The Kier molecular flexibility index (Phi) is 6.24. The third-order valence-electron chi connectivity index (χ3n) is 4.26.